The molecule has 0 saturated carbocycles. The van der Waals surface area contributed by atoms with Crippen molar-refractivity contribution in [3.05, 3.63) is 83.9 Å². The number of rotatable bonds is 3. The summed E-state index contributed by atoms with van der Waals surface area (Å²) >= 11 is 4.73. The summed E-state index contributed by atoms with van der Waals surface area (Å²) in [7, 11) is 0. The number of benzene rings is 3. The van der Waals surface area contributed by atoms with Gasteiger partial charge in [-0.1, -0.05) is 72.8 Å². The van der Waals surface area contributed by atoms with Gasteiger partial charge in [0.15, 0.2) is 0 Å². The summed E-state index contributed by atoms with van der Waals surface area (Å²) in [6.07, 6.45) is 0.956. The van der Waals surface area contributed by atoms with E-state index in [1.807, 2.05) is 6.07 Å². The quantitative estimate of drug-likeness (QED) is 0.628. The lowest BCUT2D eigenvalue weighted by atomic mass is 10.0. The molecule has 0 amide bonds. The molecule has 1 heteroatoms. The number of fused-ring (bicyclic) bond motifs is 1. The minimum absolute atomic E-state index is 0.252. The second-order valence-electron chi connectivity index (χ2n) is 4.81. The van der Waals surface area contributed by atoms with E-state index in [2.05, 4.69) is 66.7 Å². The van der Waals surface area contributed by atoms with Crippen molar-refractivity contribution in [1.29, 1.82) is 0 Å². The molecule has 3 rings (SSSR count). The van der Waals surface area contributed by atoms with Gasteiger partial charge in [-0.3, -0.25) is 0 Å². The lowest BCUT2D eigenvalue weighted by Gasteiger charge is -2.11. The Kier molecular flexibility index (Phi) is 3.56. The van der Waals surface area contributed by atoms with E-state index in [-0.39, 0.29) is 5.25 Å². The van der Waals surface area contributed by atoms with Crippen molar-refractivity contribution in [2.75, 3.05) is 0 Å². The summed E-state index contributed by atoms with van der Waals surface area (Å²) in [5.74, 6) is 0. The van der Waals surface area contributed by atoms with Gasteiger partial charge in [-0.2, -0.15) is 12.6 Å². The van der Waals surface area contributed by atoms with Crippen LogP contribution in [0.5, 0.6) is 0 Å². The Bertz CT molecular complexity index is 673. The van der Waals surface area contributed by atoms with Gasteiger partial charge < -0.3 is 0 Å². The second-order valence-corrected chi connectivity index (χ2v) is 5.44. The largest absolute Gasteiger partial charge is 0.171 e. The van der Waals surface area contributed by atoms with Crippen LogP contribution in [0.2, 0.25) is 0 Å². The molecule has 0 heterocycles. The lowest BCUT2D eigenvalue weighted by molar-refractivity contribution is 0.942. The molecule has 0 fully saturated rings. The molecule has 0 bridgehead atoms. The van der Waals surface area contributed by atoms with E-state index in [9.17, 15) is 0 Å². The fourth-order valence-corrected chi connectivity index (χ4v) is 2.77. The van der Waals surface area contributed by atoms with E-state index in [0.29, 0.717) is 0 Å². The Hall–Kier alpha value is -1.73. The molecule has 0 N–H and O–H groups in total. The van der Waals surface area contributed by atoms with Crippen molar-refractivity contribution in [1.82, 2.24) is 0 Å². The minimum atomic E-state index is 0.252. The fourth-order valence-electron chi connectivity index (χ4n) is 2.38. The smallest absolute Gasteiger partial charge is 0.0307 e. The Balaban J connectivity index is 1.85. The average Bonchev–Trinajstić information content (AvgIpc) is 2.48. The first-order valence-corrected chi connectivity index (χ1v) is 7.05. The third-order valence-electron chi connectivity index (χ3n) is 3.43. The summed E-state index contributed by atoms with van der Waals surface area (Å²) in [4.78, 5) is 0. The summed E-state index contributed by atoms with van der Waals surface area (Å²) < 4.78 is 0. The zero-order chi connectivity index (χ0) is 13.1. The minimum Gasteiger partial charge on any atom is -0.171 e. The fraction of sp³-hybridized carbons (Fsp3) is 0.111. The van der Waals surface area contributed by atoms with Crippen LogP contribution in [-0.4, -0.2) is 0 Å². The van der Waals surface area contributed by atoms with Gasteiger partial charge in [-0.25, -0.2) is 0 Å². The molecule has 0 aliphatic carbocycles. The maximum absolute atomic E-state index is 4.73. The van der Waals surface area contributed by atoms with Crippen molar-refractivity contribution < 1.29 is 0 Å². The first-order chi connectivity index (χ1) is 9.33. The van der Waals surface area contributed by atoms with E-state index >= 15 is 0 Å². The van der Waals surface area contributed by atoms with Gasteiger partial charge in [0.25, 0.3) is 0 Å². The van der Waals surface area contributed by atoms with Gasteiger partial charge in [-0.05, 0) is 28.3 Å². The monoisotopic (exact) mass is 264 g/mol. The van der Waals surface area contributed by atoms with Crippen LogP contribution in [-0.2, 0) is 6.42 Å². The molecule has 0 aromatic heterocycles. The van der Waals surface area contributed by atoms with Crippen LogP contribution in [0.15, 0.2) is 72.8 Å². The maximum Gasteiger partial charge on any atom is 0.0307 e. The van der Waals surface area contributed by atoms with E-state index < -0.39 is 0 Å². The Morgan fingerprint density at radius 3 is 2.21 bits per heavy atom. The van der Waals surface area contributed by atoms with Gasteiger partial charge in [0.2, 0.25) is 0 Å². The average molecular weight is 264 g/mol. The van der Waals surface area contributed by atoms with Crippen LogP contribution in [0.4, 0.5) is 0 Å². The van der Waals surface area contributed by atoms with Crippen molar-refractivity contribution >= 4 is 23.4 Å². The van der Waals surface area contributed by atoms with E-state index in [0.717, 1.165) is 6.42 Å². The molecule has 0 saturated heterocycles. The molecule has 1 unspecified atom stereocenters. The number of hydrogen-bond donors (Lipinski definition) is 1. The Morgan fingerprint density at radius 2 is 1.42 bits per heavy atom. The first-order valence-electron chi connectivity index (χ1n) is 6.53. The number of thiol groups is 1. The van der Waals surface area contributed by atoms with Crippen molar-refractivity contribution in [3.8, 4) is 0 Å². The molecule has 19 heavy (non-hydrogen) atoms. The standard InChI is InChI=1S/C18H16S/c19-18(16-7-2-1-3-8-16)13-14-10-11-15-6-4-5-9-17(15)12-14/h1-12,18-19H,13H2. The highest BCUT2D eigenvalue weighted by Gasteiger charge is 2.07. The molecule has 0 spiro atoms. The SMILES string of the molecule is SC(Cc1ccc2ccccc2c1)c1ccccc1. The molecule has 0 radical (unpaired) electrons. The molecule has 3 aromatic carbocycles. The third-order valence-corrected chi connectivity index (χ3v) is 3.91. The van der Waals surface area contributed by atoms with Gasteiger partial charge in [0, 0.05) is 5.25 Å². The van der Waals surface area contributed by atoms with Gasteiger partial charge >= 0.3 is 0 Å². The van der Waals surface area contributed by atoms with Gasteiger partial charge in [0.1, 0.15) is 0 Å². The first kappa shape index (κ1) is 12.3. The predicted molar refractivity (Wildman–Crippen MR) is 85.8 cm³/mol. The highest BCUT2D eigenvalue weighted by atomic mass is 32.1. The van der Waals surface area contributed by atoms with E-state index in [1.54, 1.807) is 0 Å². The maximum atomic E-state index is 4.73. The molecule has 1 atom stereocenters. The molecular formula is C18H16S. The van der Waals surface area contributed by atoms with Gasteiger partial charge in [-0.15, -0.1) is 0 Å². The number of hydrogen-bond acceptors (Lipinski definition) is 1. The van der Waals surface area contributed by atoms with Crippen molar-refractivity contribution in [2.45, 2.75) is 11.7 Å². The van der Waals surface area contributed by atoms with Crippen LogP contribution in [0, 0.1) is 0 Å². The van der Waals surface area contributed by atoms with Gasteiger partial charge in [0.05, 0.1) is 0 Å². The van der Waals surface area contributed by atoms with Crippen LogP contribution >= 0.6 is 12.6 Å². The second kappa shape index (κ2) is 5.50. The molecule has 94 valence electrons. The Labute approximate surface area is 119 Å². The van der Waals surface area contributed by atoms with Crippen LogP contribution in [0.25, 0.3) is 10.8 Å². The highest BCUT2D eigenvalue weighted by Crippen LogP contribution is 2.26. The van der Waals surface area contributed by atoms with E-state index in [4.69, 9.17) is 12.6 Å². The van der Waals surface area contributed by atoms with Crippen LogP contribution < -0.4 is 0 Å². The lowest BCUT2D eigenvalue weighted by Crippen LogP contribution is -1.95. The van der Waals surface area contributed by atoms with Crippen molar-refractivity contribution in [2.24, 2.45) is 0 Å². The molecule has 0 aliphatic heterocycles. The van der Waals surface area contributed by atoms with E-state index in [1.165, 1.54) is 21.9 Å². The van der Waals surface area contributed by atoms with Crippen LogP contribution in [0.1, 0.15) is 16.4 Å². The summed E-state index contributed by atoms with van der Waals surface area (Å²) in [6.45, 7) is 0. The molecule has 0 aliphatic rings. The normalized spacial score (nSPS) is 12.5. The van der Waals surface area contributed by atoms with Crippen LogP contribution in [0.3, 0.4) is 0 Å². The topological polar surface area (TPSA) is 0 Å². The zero-order valence-electron chi connectivity index (χ0n) is 10.7. The summed E-state index contributed by atoms with van der Waals surface area (Å²) in [5.41, 5.74) is 2.61. The Morgan fingerprint density at radius 1 is 0.737 bits per heavy atom. The predicted octanol–water partition coefficient (Wildman–Crippen LogP) is 5.05. The molecule has 0 nitrogen and oxygen atoms in total. The van der Waals surface area contributed by atoms with Crippen molar-refractivity contribution in [3.63, 3.8) is 0 Å². The highest BCUT2D eigenvalue weighted by molar-refractivity contribution is 7.80. The zero-order valence-corrected chi connectivity index (χ0v) is 11.6. The molecular weight excluding hydrogens is 248 g/mol. The summed E-state index contributed by atoms with van der Waals surface area (Å²) in [5, 5.41) is 2.85. The third kappa shape index (κ3) is 2.82. The summed E-state index contributed by atoms with van der Waals surface area (Å²) in [6, 6.07) is 25.6. The molecule has 3 aromatic rings.